The van der Waals surface area contributed by atoms with Gasteiger partial charge < -0.3 is 11.1 Å². The minimum Gasteiger partial charge on any atom is -0.399 e. The first-order chi connectivity index (χ1) is 9.16. The van der Waals surface area contributed by atoms with Crippen LogP contribution in [0.15, 0.2) is 24.3 Å². The van der Waals surface area contributed by atoms with Gasteiger partial charge >= 0.3 is 0 Å². The average molecular weight is 298 g/mol. The Labute approximate surface area is 120 Å². The molecule has 0 aromatic heterocycles. The summed E-state index contributed by atoms with van der Waals surface area (Å²) in [5, 5.41) is 0.949. The number of benzene rings is 1. The summed E-state index contributed by atoms with van der Waals surface area (Å²) in [6.45, 7) is 6.70. The van der Waals surface area contributed by atoms with E-state index in [1.165, 1.54) is 6.92 Å². The molecule has 0 heterocycles. The molecule has 1 aromatic rings. The molecule has 5 nitrogen and oxygen atoms in total. The monoisotopic (exact) mass is 298 g/mol. The van der Waals surface area contributed by atoms with Gasteiger partial charge in [0.2, 0.25) is 5.91 Å². The van der Waals surface area contributed by atoms with E-state index in [1.54, 1.807) is 31.2 Å². The van der Waals surface area contributed by atoms with Gasteiger partial charge in [-0.05, 0) is 44.0 Å². The molecule has 112 valence electrons. The topological polar surface area (TPSA) is 89.3 Å². The van der Waals surface area contributed by atoms with Gasteiger partial charge in [-0.2, -0.15) is 0 Å². The Balaban J connectivity index is 2.84. The summed E-state index contributed by atoms with van der Waals surface area (Å²) in [5.74, 6) is -0.561. The van der Waals surface area contributed by atoms with Gasteiger partial charge in [0.25, 0.3) is 0 Å². The molecule has 6 heteroatoms. The molecule has 0 radical (unpaired) electrons. The van der Waals surface area contributed by atoms with E-state index in [2.05, 4.69) is 5.32 Å². The quantitative estimate of drug-likeness (QED) is 0.814. The Morgan fingerprint density at radius 2 is 1.60 bits per heavy atom. The van der Waals surface area contributed by atoms with Crippen LogP contribution in [0.2, 0.25) is 0 Å². The number of sulfone groups is 1. The second-order valence-corrected chi connectivity index (χ2v) is 7.92. The lowest BCUT2D eigenvalue weighted by atomic mass is 10.2. The number of amides is 1. The summed E-state index contributed by atoms with van der Waals surface area (Å²) in [4.78, 5) is 12.0. The number of anilines is 2. The second-order valence-electron chi connectivity index (χ2n) is 5.29. The van der Waals surface area contributed by atoms with Crippen molar-refractivity contribution in [2.45, 2.75) is 38.2 Å². The Morgan fingerprint density at radius 3 is 2.05 bits per heavy atom. The first-order valence-corrected chi connectivity index (χ1v) is 8.16. The first-order valence-electron chi connectivity index (χ1n) is 6.55. The van der Waals surface area contributed by atoms with Crippen LogP contribution in [0.3, 0.4) is 0 Å². The lowest BCUT2D eigenvalue weighted by Gasteiger charge is -2.21. The molecule has 0 fully saturated rings. The van der Waals surface area contributed by atoms with E-state index in [-0.39, 0.29) is 5.92 Å². The number of nitrogen functional groups attached to an aromatic ring is 1. The molecule has 0 bridgehead atoms. The predicted molar refractivity (Wildman–Crippen MR) is 82.2 cm³/mol. The molecule has 0 aliphatic rings. The van der Waals surface area contributed by atoms with Crippen LogP contribution in [0.5, 0.6) is 0 Å². The molecule has 1 rings (SSSR count). The van der Waals surface area contributed by atoms with Crippen LogP contribution in [0.1, 0.15) is 27.7 Å². The van der Waals surface area contributed by atoms with E-state index in [9.17, 15) is 13.2 Å². The van der Waals surface area contributed by atoms with Gasteiger partial charge in [0.05, 0.1) is 5.25 Å². The second kappa shape index (κ2) is 6.26. The maximum absolute atomic E-state index is 12.3. The molecule has 20 heavy (non-hydrogen) atoms. The van der Waals surface area contributed by atoms with Crippen molar-refractivity contribution in [2.24, 2.45) is 5.92 Å². The fraction of sp³-hybridized carbons (Fsp3) is 0.500. The van der Waals surface area contributed by atoms with Crippen LogP contribution < -0.4 is 11.1 Å². The Morgan fingerprint density at radius 1 is 1.10 bits per heavy atom. The summed E-state index contributed by atoms with van der Waals surface area (Å²) in [6.07, 6.45) is 0. The molecule has 0 aliphatic heterocycles. The van der Waals surface area contributed by atoms with E-state index >= 15 is 0 Å². The van der Waals surface area contributed by atoms with Crippen LogP contribution in [-0.2, 0) is 14.6 Å². The van der Waals surface area contributed by atoms with Crippen molar-refractivity contribution in [3.05, 3.63) is 24.3 Å². The van der Waals surface area contributed by atoms with Crippen LogP contribution >= 0.6 is 0 Å². The van der Waals surface area contributed by atoms with Crippen molar-refractivity contribution >= 4 is 27.1 Å². The Hall–Kier alpha value is -1.56. The van der Waals surface area contributed by atoms with Crippen LogP contribution in [0, 0.1) is 5.92 Å². The molecular formula is C14H22N2O3S. The smallest absolute Gasteiger partial charge is 0.242 e. The molecule has 0 saturated heterocycles. The van der Waals surface area contributed by atoms with Crippen molar-refractivity contribution in [1.29, 1.82) is 0 Å². The highest BCUT2D eigenvalue weighted by Gasteiger charge is 2.34. The predicted octanol–water partition coefficient (Wildman–Crippen LogP) is 2.06. The molecule has 2 atom stereocenters. The molecule has 0 saturated carbocycles. The number of nitrogens with one attached hydrogen (secondary N) is 1. The van der Waals surface area contributed by atoms with E-state index in [0.717, 1.165) is 0 Å². The molecule has 0 aliphatic carbocycles. The van der Waals surface area contributed by atoms with Gasteiger partial charge in [0.15, 0.2) is 9.84 Å². The zero-order valence-electron chi connectivity index (χ0n) is 12.3. The first kappa shape index (κ1) is 16.5. The number of hydrogen-bond donors (Lipinski definition) is 2. The van der Waals surface area contributed by atoms with Crippen molar-refractivity contribution in [1.82, 2.24) is 0 Å². The highest BCUT2D eigenvalue weighted by molar-refractivity contribution is 7.93. The highest BCUT2D eigenvalue weighted by Crippen LogP contribution is 2.19. The third kappa shape index (κ3) is 3.72. The van der Waals surface area contributed by atoms with Crippen molar-refractivity contribution in [3.8, 4) is 0 Å². The number of carbonyl (C=O) groups excluding carboxylic acids is 1. The standard InChI is InChI=1S/C14H22N2O3S/c1-9(2)10(3)20(18,19)11(4)14(17)16-13-7-5-12(15)6-8-13/h5-11H,15H2,1-4H3,(H,16,17). The lowest BCUT2D eigenvalue weighted by molar-refractivity contribution is -0.115. The van der Waals surface area contributed by atoms with Crippen molar-refractivity contribution in [3.63, 3.8) is 0 Å². The van der Waals surface area contributed by atoms with Gasteiger partial charge in [0.1, 0.15) is 5.25 Å². The highest BCUT2D eigenvalue weighted by atomic mass is 32.2. The summed E-state index contributed by atoms with van der Waals surface area (Å²) < 4.78 is 24.6. The molecule has 1 aromatic carbocycles. The lowest BCUT2D eigenvalue weighted by Crippen LogP contribution is -2.39. The Kier molecular flexibility index (Phi) is 5.16. The minimum absolute atomic E-state index is 0.0354. The fourth-order valence-corrected chi connectivity index (χ4v) is 3.42. The molecule has 0 spiro atoms. The van der Waals surface area contributed by atoms with Gasteiger partial charge in [-0.3, -0.25) is 4.79 Å². The van der Waals surface area contributed by atoms with Gasteiger partial charge in [-0.15, -0.1) is 0 Å². The normalized spacial score (nSPS) is 14.8. The van der Waals surface area contributed by atoms with Crippen molar-refractivity contribution < 1.29 is 13.2 Å². The maximum Gasteiger partial charge on any atom is 0.242 e. The zero-order valence-corrected chi connectivity index (χ0v) is 13.1. The number of rotatable bonds is 5. The molecular weight excluding hydrogens is 276 g/mol. The van der Waals surface area contributed by atoms with Gasteiger partial charge in [-0.1, -0.05) is 13.8 Å². The largest absolute Gasteiger partial charge is 0.399 e. The summed E-state index contributed by atoms with van der Waals surface area (Å²) in [7, 11) is -3.50. The fourth-order valence-electron chi connectivity index (χ4n) is 1.66. The number of hydrogen-bond acceptors (Lipinski definition) is 4. The van der Waals surface area contributed by atoms with E-state index in [4.69, 9.17) is 5.73 Å². The SMILES string of the molecule is CC(C)C(C)S(=O)(=O)C(C)C(=O)Nc1ccc(N)cc1. The third-order valence-corrected chi connectivity index (χ3v) is 6.28. The molecule has 2 unspecified atom stereocenters. The summed E-state index contributed by atoms with van der Waals surface area (Å²) in [5.41, 5.74) is 6.66. The average Bonchev–Trinajstić information content (AvgIpc) is 2.39. The Bertz CT molecular complexity index is 565. The summed E-state index contributed by atoms with van der Waals surface area (Å²) in [6, 6.07) is 6.56. The van der Waals surface area contributed by atoms with E-state index in [0.29, 0.717) is 11.4 Å². The summed E-state index contributed by atoms with van der Waals surface area (Å²) >= 11 is 0. The third-order valence-electron chi connectivity index (χ3n) is 3.50. The molecule has 1 amide bonds. The molecule has 3 N–H and O–H groups in total. The number of nitrogens with two attached hydrogens (primary N) is 1. The van der Waals surface area contributed by atoms with E-state index < -0.39 is 26.2 Å². The van der Waals surface area contributed by atoms with Crippen LogP contribution in [-0.4, -0.2) is 24.8 Å². The van der Waals surface area contributed by atoms with Crippen LogP contribution in [0.25, 0.3) is 0 Å². The van der Waals surface area contributed by atoms with E-state index in [1.807, 2.05) is 13.8 Å². The number of carbonyl (C=O) groups is 1. The van der Waals surface area contributed by atoms with Crippen LogP contribution in [0.4, 0.5) is 11.4 Å². The maximum atomic E-state index is 12.3. The van der Waals surface area contributed by atoms with Crippen molar-refractivity contribution in [2.75, 3.05) is 11.1 Å². The minimum atomic E-state index is -3.50. The zero-order chi connectivity index (χ0) is 15.5. The van der Waals surface area contributed by atoms with Gasteiger partial charge in [0, 0.05) is 11.4 Å². The van der Waals surface area contributed by atoms with Gasteiger partial charge in [-0.25, -0.2) is 8.42 Å².